The highest BCUT2D eigenvalue weighted by atomic mass is 79.9. The van der Waals surface area contributed by atoms with E-state index in [0.717, 1.165) is 4.47 Å². The summed E-state index contributed by atoms with van der Waals surface area (Å²) in [7, 11) is 0. The first-order valence-corrected chi connectivity index (χ1v) is 5.30. The Hall–Kier alpha value is -0.560. The average Bonchev–Trinajstić information content (AvgIpc) is 2.15. The number of hydrazone groups is 1. The lowest BCUT2D eigenvalue weighted by Crippen LogP contribution is -2.17. The summed E-state index contributed by atoms with van der Waals surface area (Å²) in [6.07, 6.45) is -4.47. The van der Waals surface area contributed by atoms with Gasteiger partial charge in [0.25, 0.3) is 0 Å². The lowest BCUT2D eigenvalue weighted by atomic mass is 10.3. The molecule has 1 rings (SSSR count). The van der Waals surface area contributed by atoms with Crippen molar-refractivity contribution in [2.45, 2.75) is 6.18 Å². The number of anilines is 1. The Morgan fingerprint density at radius 3 is 2.20 bits per heavy atom. The van der Waals surface area contributed by atoms with Crippen LogP contribution in [0.15, 0.2) is 33.8 Å². The summed E-state index contributed by atoms with van der Waals surface area (Å²) in [6.45, 7) is 0. The molecule has 0 radical (unpaired) electrons. The first-order chi connectivity index (χ1) is 6.89. The summed E-state index contributed by atoms with van der Waals surface area (Å²) < 4.78 is 35.7. The maximum Gasteiger partial charge on any atom is 0.441 e. The number of alkyl halides is 3. The van der Waals surface area contributed by atoms with E-state index in [4.69, 9.17) is 0 Å². The fraction of sp³-hybridized carbons (Fsp3) is 0.125. The number of hydrogen-bond acceptors (Lipinski definition) is 2. The van der Waals surface area contributed by atoms with E-state index in [1.54, 1.807) is 24.3 Å². The van der Waals surface area contributed by atoms with Crippen LogP contribution < -0.4 is 5.43 Å². The van der Waals surface area contributed by atoms with Crippen LogP contribution >= 0.6 is 31.9 Å². The van der Waals surface area contributed by atoms with Gasteiger partial charge in [0.15, 0.2) is 0 Å². The van der Waals surface area contributed by atoms with Gasteiger partial charge in [-0.15, -0.1) is 0 Å². The van der Waals surface area contributed by atoms with Crippen LogP contribution in [0.5, 0.6) is 0 Å². The van der Waals surface area contributed by atoms with Gasteiger partial charge in [-0.05, 0) is 40.2 Å². The van der Waals surface area contributed by atoms with Crippen LogP contribution in [0.4, 0.5) is 18.9 Å². The van der Waals surface area contributed by atoms with E-state index in [-0.39, 0.29) is 0 Å². The minimum Gasteiger partial charge on any atom is -0.277 e. The van der Waals surface area contributed by atoms with Gasteiger partial charge in [-0.25, -0.2) is 0 Å². The minimum atomic E-state index is -4.47. The molecular formula is C8H5Br2F3N2. The third-order valence-corrected chi connectivity index (χ3v) is 2.52. The Balaban J connectivity index is 2.68. The highest BCUT2D eigenvalue weighted by Gasteiger charge is 2.34. The SMILES string of the molecule is FC(F)(F)/C(Br)=N\Nc1ccc(Br)cc1. The summed E-state index contributed by atoms with van der Waals surface area (Å²) in [5, 5.41) is 3.14. The molecule has 0 aromatic heterocycles. The largest absolute Gasteiger partial charge is 0.441 e. The van der Waals surface area contributed by atoms with Gasteiger partial charge in [0.05, 0.1) is 5.69 Å². The summed E-state index contributed by atoms with van der Waals surface area (Å²) in [5.74, 6) is 0. The van der Waals surface area contributed by atoms with Gasteiger partial charge >= 0.3 is 6.18 Å². The van der Waals surface area contributed by atoms with Crippen LogP contribution in [0, 0.1) is 0 Å². The van der Waals surface area contributed by atoms with E-state index in [1.807, 2.05) is 0 Å². The van der Waals surface area contributed by atoms with E-state index >= 15 is 0 Å². The molecule has 0 amide bonds. The van der Waals surface area contributed by atoms with Crippen LogP contribution in [0.1, 0.15) is 0 Å². The van der Waals surface area contributed by atoms with E-state index < -0.39 is 10.8 Å². The molecule has 0 aliphatic rings. The maximum atomic E-state index is 12.0. The fourth-order valence-corrected chi connectivity index (χ4v) is 1.05. The molecule has 0 fully saturated rings. The molecule has 0 saturated heterocycles. The zero-order valence-electron chi connectivity index (χ0n) is 7.15. The van der Waals surface area contributed by atoms with E-state index in [9.17, 15) is 13.2 Å². The fourth-order valence-electron chi connectivity index (χ4n) is 0.701. The molecule has 1 aromatic carbocycles. The van der Waals surface area contributed by atoms with Crippen LogP contribution in [-0.4, -0.2) is 10.8 Å². The van der Waals surface area contributed by atoms with Crippen molar-refractivity contribution in [2.24, 2.45) is 5.10 Å². The molecule has 0 atom stereocenters. The zero-order chi connectivity index (χ0) is 11.5. The summed E-state index contributed by atoms with van der Waals surface area (Å²) in [6, 6.07) is 6.59. The first-order valence-electron chi connectivity index (χ1n) is 3.71. The lowest BCUT2D eigenvalue weighted by molar-refractivity contribution is -0.0551. The Morgan fingerprint density at radius 2 is 1.73 bits per heavy atom. The minimum absolute atomic E-state index is 0.472. The zero-order valence-corrected chi connectivity index (χ0v) is 10.3. The number of halogens is 5. The monoisotopic (exact) mass is 344 g/mol. The lowest BCUT2D eigenvalue weighted by Gasteiger charge is -2.04. The molecule has 0 unspecified atom stereocenters. The third-order valence-electron chi connectivity index (χ3n) is 1.36. The van der Waals surface area contributed by atoms with Crippen molar-refractivity contribution in [3.63, 3.8) is 0 Å². The van der Waals surface area contributed by atoms with Gasteiger partial charge in [0, 0.05) is 4.47 Å². The molecule has 0 heterocycles. The molecule has 2 nitrogen and oxygen atoms in total. The number of hydrogen-bond donors (Lipinski definition) is 1. The van der Waals surface area contributed by atoms with Crippen LogP contribution in [0.3, 0.4) is 0 Å². The van der Waals surface area contributed by atoms with Crippen molar-refractivity contribution in [3.8, 4) is 0 Å². The Kier molecular flexibility index (Phi) is 4.15. The molecule has 1 aromatic rings. The number of nitrogens with zero attached hydrogens (tertiary/aromatic N) is 1. The van der Waals surface area contributed by atoms with Crippen molar-refractivity contribution in [3.05, 3.63) is 28.7 Å². The second-order valence-corrected chi connectivity index (χ2v) is 4.19. The third kappa shape index (κ3) is 4.21. The Labute approximate surface area is 101 Å². The van der Waals surface area contributed by atoms with Gasteiger partial charge in [0.1, 0.15) is 0 Å². The molecule has 1 N–H and O–H groups in total. The van der Waals surface area contributed by atoms with Gasteiger partial charge in [-0.3, -0.25) is 5.43 Å². The predicted molar refractivity (Wildman–Crippen MR) is 60.2 cm³/mol. The number of nitrogens with one attached hydrogen (secondary N) is 1. The second-order valence-electron chi connectivity index (χ2n) is 2.52. The van der Waals surface area contributed by atoms with Crippen molar-refractivity contribution in [2.75, 3.05) is 5.43 Å². The normalized spacial score (nSPS) is 12.7. The molecular weight excluding hydrogens is 341 g/mol. The van der Waals surface area contributed by atoms with Gasteiger partial charge < -0.3 is 0 Å². The number of rotatable bonds is 2. The summed E-state index contributed by atoms with van der Waals surface area (Å²) in [4.78, 5) is 0. The predicted octanol–water partition coefficient (Wildman–Crippen LogP) is 4.13. The summed E-state index contributed by atoms with van der Waals surface area (Å²) >= 11 is 5.53. The van der Waals surface area contributed by atoms with Crippen molar-refractivity contribution >= 4 is 42.2 Å². The Morgan fingerprint density at radius 1 is 1.20 bits per heavy atom. The van der Waals surface area contributed by atoms with E-state index in [1.165, 1.54) is 0 Å². The molecule has 0 bridgehead atoms. The highest BCUT2D eigenvalue weighted by Crippen LogP contribution is 2.21. The highest BCUT2D eigenvalue weighted by molar-refractivity contribution is 9.18. The van der Waals surface area contributed by atoms with Crippen LogP contribution in [0.25, 0.3) is 0 Å². The standard InChI is InChI=1S/C8H5Br2F3N2/c9-5-1-3-6(4-2-5)14-15-7(10)8(11,12)13/h1-4,14H/b15-7+. The molecule has 0 spiro atoms. The molecule has 15 heavy (non-hydrogen) atoms. The van der Waals surface area contributed by atoms with Crippen molar-refractivity contribution in [1.29, 1.82) is 0 Å². The van der Waals surface area contributed by atoms with Crippen LogP contribution in [-0.2, 0) is 0 Å². The molecule has 82 valence electrons. The second kappa shape index (κ2) is 4.98. The summed E-state index contributed by atoms with van der Waals surface area (Å²) in [5.41, 5.74) is 2.75. The average molecular weight is 346 g/mol. The van der Waals surface area contributed by atoms with Gasteiger partial charge in [0.2, 0.25) is 4.62 Å². The molecule has 0 aliphatic carbocycles. The van der Waals surface area contributed by atoms with E-state index in [2.05, 4.69) is 42.4 Å². The maximum absolute atomic E-state index is 12.0. The van der Waals surface area contributed by atoms with Gasteiger partial charge in [-0.2, -0.15) is 18.3 Å². The van der Waals surface area contributed by atoms with E-state index in [0.29, 0.717) is 5.69 Å². The Bertz CT molecular complexity index is 359. The van der Waals surface area contributed by atoms with Crippen molar-refractivity contribution in [1.82, 2.24) is 0 Å². The molecule has 7 heteroatoms. The molecule has 0 aliphatic heterocycles. The van der Waals surface area contributed by atoms with Crippen LogP contribution in [0.2, 0.25) is 0 Å². The quantitative estimate of drug-likeness (QED) is 0.632. The van der Waals surface area contributed by atoms with Gasteiger partial charge in [-0.1, -0.05) is 15.9 Å². The smallest absolute Gasteiger partial charge is 0.277 e. The molecule has 0 saturated carbocycles. The van der Waals surface area contributed by atoms with Crippen molar-refractivity contribution < 1.29 is 13.2 Å². The first kappa shape index (κ1) is 12.5. The number of benzene rings is 1. The topological polar surface area (TPSA) is 24.4 Å².